The molecule has 0 radical (unpaired) electrons. The van der Waals surface area contributed by atoms with E-state index >= 15 is 0 Å². The molecule has 1 amide bonds. The zero-order valence-corrected chi connectivity index (χ0v) is 16.2. The van der Waals surface area contributed by atoms with Gasteiger partial charge in [0.2, 0.25) is 5.91 Å². The van der Waals surface area contributed by atoms with Crippen molar-refractivity contribution in [3.8, 4) is 0 Å². The average Bonchev–Trinajstić information content (AvgIpc) is 2.70. The van der Waals surface area contributed by atoms with Crippen LogP contribution in [0.5, 0.6) is 0 Å². The van der Waals surface area contributed by atoms with E-state index in [1.54, 1.807) is 0 Å². The predicted molar refractivity (Wildman–Crippen MR) is 111 cm³/mol. The summed E-state index contributed by atoms with van der Waals surface area (Å²) in [7, 11) is 1.98. The first-order valence-corrected chi connectivity index (χ1v) is 9.72. The van der Waals surface area contributed by atoms with Gasteiger partial charge in [-0.05, 0) is 24.7 Å². The fraction of sp³-hybridized carbons (Fsp3) is 0.409. The molecule has 0 saturated carbocycles. The zero-order valence-electron chi connectivity index (χ0n) is 16.2. The number of benzene rings is 2. The molecule has 1 heterocycles. The highest BCUT2D eigenvalue weighted by Crippen LogP contribution is 2.15. The molecular formula is C22H30N4O. The van der Waals surface area contributed by atoms with Gasteiger partial charge in [-0.3, -0.25) is 14.6 Å². The van der Waals surface area contributed by atoms with E-state index in [0.717, 1.165) is 39.3 Å². The SMILES string of the molecule is CN(CC(=O)NCCN1CCN(c2ccccc2)CC1)Cc1ccccc1. The van der Waals surface area contributed by atoms with E-state index in [1.165, 1.54) is 11.3 Å². The molecular weight excluding hydrogens is 336 g/mol. The monoisotopic (exact) mass is 366 g/mol. The Kier molecular flexibility index (Phi) is 7.25. The third-order valence-electron chi connectivity index (χ3n) is 4.95. The lowest BCUT2D eigenvalue weighted by Crippen LogP contribution is -2.48. The summed E-state index contributed by atoms with van der Waals surface area (Å²) >= 11 is 0. The maximum Gasteiger partial charge on any atom is 0.234 e. The van der Waals surface area contributed by atoms with E-state index in [0.29, 0.717) is 13.1 Å². The van der Waals surface area contributed by atoms with Crippen LogP contribution < -0.4 is 10.2 Å². The molecule has 144 valence electrons. The molecule has 5 nitrogen and oxygen atoms in total. The second-order valence-corrected chi connectivity index (χ2v) is 7.17. The molecule has 0 spiro atoms. The second kappa shape index (κ2) is 10.1. The summed E-state index contributed by atoms with van der Waals surface area (Å²) in [4.78, 5) is 19.0. The Morgan fingerprint density at radius 2 is 1.59 bits per heavy atom. The standard InChI is InChI=1S/C22H30N4O/c1-24(18-20-8-4-2-5-9-20)19-22(27)23-12-13-25-14-16-26(17-15-25)21-10-6-3-7-11-21/h2-11H,12-19H2,1H3,(H,23,27). The van der Waals surface area contributed by atoms with Gasteiger partial charge in [0, 0.05) is 51.5 Å². The second-order valence-electron chi connectivity index (χ2n) is 7.17. The third kappa shape index (κ3) is 6.38. The number of anilines is 1. The number of carbonyl (C=O) groups excluding carboxylic acids is 1. The number of hydrogen-bond donors (Lipinski definition) is 1. The predicted octanol–water partition coefficient (Wildman–Crippen LogP) is 2.06. The molecule has 0 unspecified atom stereocenters. The van der Waals surface area contributed by atoms with E-state index in [-0.39, 0.29) is 5.91 Å². The maximum atomic E-state index is 12.1. The van der Waals surface area contributed by atoms with Gasteiger partial charge in [0.25, 0.3) is 0 Å². The minimum Gasteiger partial charge on any atom is -0.369 e. The van der Waals surface area contributed by atoms with Gasteiger partial charge < -0.3 is 10.2 Å². The Morgan fingerprint density at radius 1 is 0.963 bits per heavy atom. The number of rotatable bonds is 8. The van der Waals surface area contributed by atoms with Crippen LogP contribution in [0.2, 0.25) is 0 Å². The molecule has 0 bridgehead atoms. The third-order valence-corrected chi connectivity index (χ3v) is 4.95. The van der Waals surface area contributed by atoms with Crippen LogP contribution in [-0.2, 0) is 11.3 Å². The van der Waals surface area contributed by atoms with Crippen molar-refractivity contribution in [3.05, 3.63) is 66.2 Å². The van der Waals surface area contributed by atoms with E-state index in [1.807, 2.05) is 30.1 Å². The van der Waals surface area contributed by atoms with Crippen LogP contribution >= 0.6 is 0 Å². The largest absolute Gasteiger partial charge is 0.369 e. The fourth-order valence-corrected chi connectivity index (χ4v) is 3.47. The Labute approximate surface area is 162 Å². The Morgan fingerprint density at radius 3 is 2.26 bits per heavy atom. The lowest BCUT2D eigenvalue weighted by atomic mass is 10.2. The van der Waals surface area contributed by atoms with Gasteiger partial charge >= 0.3 is 0 Å². The van der Waals surface area contributed by atoms with Gasteiger partial charge in [-0.25, -0.2) is 0 Å². The Hall–Kier alpha value is -2.37. The molecule has 0 aliphatic carbocycles. The number of carbonyl (C=O) groups is 1. The van der Waals surface area contributed by atoms with Gasteiger partial charge in [-0.2, -0.15) is 0 Å². The summed E-state index contributed by atoms with van der Waals surface area (Å²) in [6.07, 6.45) is 0. The normalized spacial score (nSPS) is 15.1. The molecule has 1 N–H and O–H groups in total. The van der Waals surface area contributed by atoms with Gasteiger partial charge in [0.15, 0.2) is 0 Å². The van der Waals surface area contributed by atoms with E-state index in [2.05, 4.69) is 57.6 Å². The number of para-hydroxylation sites is 1. The molecule has 5 heteroatoms. The minimum absolute atomic E-state index is 0.0938. The van der Waals surface area contributed by atoms with Crippen molar-refractivity contribution in [1.82, 2.24) is 15.1 Å². The molecule has 1 saturated heterocycles. The molecule has 1 aliphatic heterocycles. The summed E-state index contributed by atoms with van der Waals surface area (Å²) < 4.78 is 0. The first kappa shape index (κ1) is 19.4. The molecule has 0 atom stereocenters. The minimum atomic E-state index is 0.0938. The molecule has 27 heavy (non-hydrogen) atoms. The van der Waals surface area contributed by atoms with Crippen LogP contribution in [0.15, 0.2) is 60.7 Å². The maximum absolute atomic E-state index is 12.1. The number of likely N-dealkylation sites (N-methyl/N-ethyl adjacent to an activating group) is 1. The van der Waals surface area contributed by atoms with Gasteiger partial charge in [0.1, 0.15) is 0 Å². The Balaban J connectivity index is 1.30. The highest BCUT2D eigenvalue weighted by atomic mass is 16.2. The fourth-order valence-electron chi connectivity index (χ4n) is 3.47. The van der Waals surface area contributed by atoms with E-state index < -0.39 is 0 Å². The summed E-state index contributed by atoms with van der Waals surface area (Å²) in [6, 6.07) is 20.8. The van der Waals surface area contributed by atoms with Crippen LogP contribution in [0, 0.1) is 0 Å². The van der Waals surface area contributed by atoms with Crippen molar-refractivity contribution >= 4 is 11.6 Å². The molecule has 1 fully saturated rings. The highest BCUT2D eigenvalue weighted by molar-refractivity contribution is 5.77. The molecule has 0 aromatic heterocycles. The number of nitrogens with zero attached hydrogens (tertiary/aromatic N) is 3. The summed E-state index contributed by atoms with van der Waals surface area (Å²) in [5.41, 5.74) is 2.52. The van der Waals surface area contributed by atoms with Crippen LogP contribution in [0.4, 0.5) is 5.69 Å². The summed E-state index contributed by atoms with van der Waals surface area (Å²) in [5.74, 6) is 0.0938. The van der Waals surface area contributed by atoms with Crippen molar-refractivity contribution in [2.45, 2.75) is 6.54 Å². The molecule has 3 rings (SSSR count). The van der Waals surface area contributed by atoms with Crippen LogP contribution in [0.25, 0.3) is 0 Å². The smallest absolute Gasteiger partial charge is 0.234 e. The molecule has 2 aromatic carbocycles. The van der Waals surface area contributed by atoms with Crippen LogP contribution in [0.1, 0.15) is 5.56 Å². The zero-order chi connectivity index (χ0) is 18.9. The van der Waals surface area contributed by atoms with Gasteiger partial charge in [-0.1, -0.05) is 48.5 Å². The van der Waals surface area contributed by atoms with Gasteiger partial charge in [0.05, 0.1) is 6.54 Å². The number of piperazine rings is 1. The number of hydrogen-bond acceptors (Lipinski definition) is 4. The molecule has 2 aromatic rings. The van der Waals surface area contributed by atoms with Crippen LogP contribution in [-0.4, -0.2) is 68.6 Å². The van der Waals surface area contributed by atoms with E-state index in [4.69, 9.17) is 0 Å². The van der Waals surface area contributed by atoms with Crippen molar-refractivity contribution in [3.63, 3.8) is 0 Å². The van der Waals surface area contributed by atoms with Crippen molar-refractivity contribution in [2.75, 3.05) is 57.8 Å². The van der Waals surface area contributed by atoms with Gasteiger partial charge in [-0.15, -0.1) is 0 Å². The molecule has 1 aliphatic rings. The van der Waals surface area contributed by atoms with Crippen molar-refractivity contribution in [2.24, 2.45) is 0 Å². The number of amides is 1. The van der Waals surface area contributed by atoms with Crippen molar-refractivity contribution in [1.29, 1.82) is 0 Å². The number of nitrogens with one attached hydrogen (secondary N) is 1. The van der Waals surface area contributed by atoms with Crippen LogP contribution in [0.3, 0.4) is 0 Å². The lowest BCUT2D eigenvalue weighted by molar-refractivity contribution is -0.122. The first-order chi connectivity index (χ1) is 13.2. The Bertz CT molecular complexity index is 684. The first-order valence-electron chi connectivity index (χ1n) is 9.72. The van der Waals surface area contributed by atoms with E-state index in [9.17, 15) is 4.79 Å². The van der Waals surface area contributed by atoms with Crippen molar-refractivity contribution < 1.29 is 4.79 Å². The summed E-state index contributed by atoms with van der Waals surface area (Å²) in [6.45, 7) is 7.00. The topological polar surface area (TPSA) is 38.8 Å². The quantitative estimate of drug-likeness (QED) is 0.776. The highest BCUT2D eigenvalue weighted by Gasteiger charge is 2.16. The summed E-state index contributed by atoms with van der Waals surface area (Å²) in [5, 5.41) is 3.05. The average molecular weight is 367 g/mol. The lowest BCUT2D eigenvalue weighted by Gasteiger charge is -2.36.